The smallest absolute Gasteiger partial charge is 0.311 e. The minimum absolute atomic E-state index is 0.165. The largest absolute Gasteiger partial charge is 0.452 e. The topological polar surface area (TPSA) is 55.4 Å². The molecule has 0 spiro atoms. The van der Waals surface area contributed by atoms with Gasteiger partial charge in [-0.3, -0.25) is 9.59 Å². The van der Waals surface area contributed by atoms with Crippen LogP contribution in [0.25, 0.3) is 10.8 Å². The Morgan fingerprint density at radius 2 is 1.85 bits per heavy atom. The molecule has 0 unspecified atom stereocenters. The number of amides is 1. The Morgan fingerprint density at radius 1 is 1.12 bits per heavy atom. The Balaban J connectivity index is 1.57. The summed E-state index contributed by atoms with van der Waals surface area (Å²) in [6.45, 7) is 3.81. The summed E-state index contributed by atoms with van der Waals surface area (Å²) in [5.74, 6) is -0.0954. The monoisotopic (exact) mass is 353 g/mol. The van der Waals surface area contributed by atoms with Crippen LogP contribution < -0.4 is 5.32 Å². The third kappa shape index (κ3) is 4.43. The highest BCUT2D eigenvalue weighted by Gasteiger charge is 2.26. The number of carbonyl (C=O) groups is 2. The van der Waals surface area contributed by atoms with Crippen molar-refractivity contribution in [3.63, 3.8) is 0 Å². The molecule has 0 aliphatic heterocycles. The predicted molar refractivity (Wildman–Crippen MR) is 103 cm³/mol. The lowest BCUT2D eigenvalue weighted by molar-refractivity contribution is -0.154. The molecule has 0 aromatic heterocycles. The van der Waals surface area contributed by atoms with Crippen LogP contribution >= 0.6 is 0 Å². The number of hydrogen-bond acceptors (Lipinski definition) is 3. The normalized spacial score (nSPS) is 21.2. The number of hydrogen-bond donors (Lipinski definition) is 1. The highest BCUT2D eigenvalue weighted by Crippen LogP contribution is 2.24. The van der Waals surface area contributed by atoms with E-state index >= 15 is 0 Å². The van der Waals surface area contributed by atoms with E-state index in [0.717, 1.165) is 35.6 Å². The van der Waals surface area contributed by atoms with Gasteiger partial charge in [0.25, 0.3) is 5.91 Å². The molecule has 2 aromatic carbocycles. The Bertz CT molecular complexity index is 781. The molecule has 0 heterocycles. The van der Waals surface area contributed by atoms with E-state index in [4.69, 9.17) is 4.74 Å². The quantitative estimate of drug-likeness (QED) is 0.827. The Morgan fingerprint density at radius 3 is 2.65 bits per heavy atom. The SMILES string of the molecule is C[C@@H]1CCCC[C@H]1NC(=O)[C@@H](C)OC(=O)Cc1cccc2ccccc12. The standard InChI is InChI=1S/C22H27NO3/c1-15-8-3-6-13-20(15)23-22(25)16(2)26-21(24)14-18-11-7-10-17-9-4-5-12-19(17)18/h4-5,7,9-12,15-16,20H,3,6,8,13-14H2,1-2H3,(H,23,25)/t15-,16-,20-/m1/s1. The number of esters is 1. The van der Waals surface area contributed by atoms with Gasteiger partial charge in [0.2, 0.25) is 0 Å². The zero-order chi connectivity index (χ0) is 18.5. The van der Waals surface area contributed by atoms with Crippen molar-refractivity contribution < 1.29 is 14.3 Å². The van der Waals surface area contributed by atoms with E-state index in [1.807, 2.05) is 42.5 Å². The summed E-state index contributed by atoms with van der Waals surface area (Å²) in [4.78, 5) is 24.7. The third-order valence-electron chi connectivity index (χ3n) is 5.33. The molecule has 0 bridgehead atoms. The molecule has 26 heavy (non-hydrogen) atoms. The maximum absolute atomic E-state index is 12.4. The third-order valence-corrected chi connectivity index (χ3v) is 5.33. The van der Waals surface area contributed by atoms with Crippen molar-refractivity contribution in [1.29, 1.82) is 0 Å². The van der Waals surface area contributed by atoms with Crippen LogP contribution in [0.3, 0.4) is 0 Å². The molecule has 1 fully saturated rings. The van der Waals surface area contributed by atoms with Gasteiger partial charge in [-0.05, 0) is 42.0 Å². The molecule has 1 saturated carbocycles. The number of carbonyl (C=O) groups excluding carboxylic acids is 2. The minimum atomic E-state index is -0.772. The van der Waals surface area contributed by atoms with Crippen LogP contribution in [-0.4, -0.2) is 24.0 Å². The van der Waals surface area contributed by atoms with Crippen LogP contribution in [0, 0.1) is 5.92 Å². The van der Waals surface area contributed by atoms with Gasteiger partial charge in [0.1, 0.15) is 0 Å². The van der Waals surface area contributed by atoms with Gasteiger partial charge < -0.3 is 10.1 Å². The lowest BCUT2D eigenvalue weighted by Crippen LogP contribution is -2.46. The van der Waals surface area contributed by atoms with Crippen molar-refractivity contribution >= 4 is 22.6 Å². The summed E-state index contributed by atoms with van der Waals surface area (Å²) in [6, 6.07) is 14.0. The number of ether oxygens (including phenoxy) is 1. The first-order valence-corrected chi connectivity index (χ1v) is 9.51. The van der Waals surface area contributed by atoms with Gasteiger partial charge in [-0.2, -0.15) is 0 Å². The van der Waals surface area contributed by atoms with Gasteiger partial charge in [0.05, 0.1) is 6.42 Å². The fraction of sp³-hybridized carbons (Fsp3) is 0.455. The second kappa shape index (κ2) is 8.35. The first-order valence-electron chi connectivity index (χ1n) is 9.51. The van der Waals surface area contributed by atoms with Gasteiger partial charge in [-0.1, -0.05) is 62.2 Å². The summed E-state index contributed by atoms with van der Waals surface area (Å²) in [5, 5.41) is 5.19. The second-order valence-electron chi connectivity index (χ2n) is 7.32. The summed E-state index contributed by atoms with van der Waals surface area (Å²) >= 11 is 0. The van der Waals surface area contributed by atoms with Gasteiger partial charge in [0, 0.05) is 6.04 Å². The number of nitrogens with one attached hydrogen (secondary N) is 1. The lowest BCUT2D eigenvalue weighted by atomic mass is 9.86. The van der Waals surface area contributed by atoms with Gasteiger partial charge >= 0.3 is 5.97 Å². The van der Waals surface area contributed by atoms with E-state index in [1.54, 1.807) is 6.92 Å². The molecular formula is C22H27NO3. The lowest BCUT2D eigenvalue weighted by Gasteiger charge is -2.30. The maximum Gasteiger partial charge on any atom is 0.311 e. The Labute approximate surface area is 154 Å². The molecule has 0 radical (unpaired) electrons. The van der Waals surface area contributed by atoms with Crippen LogP contribution in [0.15, 0.2) is 42.5 Å². The fourth-order valence-electron chi connectivity index (χ4n) is 3.73. The van der Waals surface area contributed by atoms with Crippen LogP contribution in [0.5, 0.6) is 0 Å². The summed E-state index contributed by atoms with van der Waals surface area (Å²) in [6.07, 6.45) is 3.91. The molecule has 1 aliphatic rings. The maximum atomic E-state index is 12.4. The molecule has 1 amide bonds. The van der Waals surface area contributed by atoms with Crippen LogP contribution in [0.4, 0.5) is 0 Å². The zero-order valence-corrected chi connectivity index (χ0v) is 15.5. The highest BCUT2D eigenvalue weighted by molar-refractivity contribution is 5.90. The second-order valence-corrected chi connectivity index (χ2v) is 7.32. The van der Waals surface area contributed by atoms with Crippen molar-refractivity contribution in [1.82, 2.24) is 5.32 Å². The first-order chi connectivity index (χ1) is 12.5. The molecule has 3 rings (SSSR count). The first kappa shape index (κ1) is 18.4. The summed E-state index contributed by atoms with van der Waals surface area (Å²) in [7, 11) is 0. The van der Waals surface area contributed by atoms with Gasteiger partial charge in [0.15, 0.2) is 6.10 Å². The number of rotatable bonds is 5. The molecule has 3 atom stereocenters. The average molecular weight is 353 g/mol. The zero-order valence-electron chi connectivity index (χ0n) is 15.5. The number of benzene rings is 2. The molecule has 1 N–H and O–H groups in total. The van der Waals surface area contributed by atoms with Crippen molar-refractivity contribution in [2.45, 2.75) is 58.1 Å². The van der Waals surface area contributed by atoms with Crippen molar-refractivity contribution in [3.8, 4) is 0 Å². The molecule has 2 aromatic rings. The molecule has 4 heteroatoms. The Hall–Kier alpha value is -2.36. The molecule has 138 valence electrons. The van der Waals surface area contributed by atoms with E-state index in [-0.39, 0.29) is 24.3 Å². The van der Waals surface area contributed by atoms with Crippen molar-refractivity contribution in [2.75, 3.05) is 0 Å². The van der Waals surface area contributed by atoms with Crippen molar-refractivity contribution in [3.05, 3.63) is 48.0 Å². The summed E-state index contributed by atoms with van der Waals surface area (Å²) < 4.78 is 5.39. The van der Waals surface area contributed by atoms with E-state index in [2.05, 4.69) is 12.2 Å². The van der Waals surface area contributed by atoms with Gasteiger partial charge in [-0.15, -0.1) is 0 Å². The molecule has 1 aliphatic carbocycles. The number of fused-ring (bicyclic) bond motifs is 1. The van der Waals surface area contributed by atoms with Crippen LogP contribution in [-0.2, 0) is 20.7 Å². The van der Waals surface area contributed by atoms with E-state index in [0.29, 0.717) is 5.92 Å². The van der Waals surface area contributed by atoms with E-state index in [1.165, 1.54) is 6.42 Å². The van der Waals surface area contributed by atoms with Gasteiger partial charge in [-0.25, -0.2) is 0 Å². The van der Waals surface area contributed by atoms with E-state index < -0.39 is 6.10 Å². The fourth-order valence-corrected chi connectivity index (χ4v) is 3.73. The van der Waals surface area contributed by atoms with Crippen LogP contribution in [0.1, 0.15) is 45.1 Å². The molecule has 4 nitrogen and oxygen atoms in total. The highest BCUT2D eigenvalue weighted by atomic mass is 16.5. The summed E-state index contributed by atoms with van der Waals surface area (Å²) in [5.41, 5.74) is 0.918. The molecular weight excluding hydrogens is 326 g/mol. The minimum Gasteiger partial charge on any atom is -0.452 e. The average Bonchev–Trinajstić information content (AvgIpc) is 2.64. The van der Waals surface area contributed by atoms with Crippen molar-refractivity contribution in [2.24, 2.45) is 5.92 Å². The molecule has 0 saturated heterocycles. The van der Waals surface area contributed by atoms with E-state index in [9.17, 15) is 9.59 Å². The predicted octanol–water partition coefficient (Wildman–Crippen LogP) is 4.01. The Kier molecular flexibility index (Phi) is 5.92. The van der Waals surface area contributed by atoms with Crippen LogP contribution in [0.2, 0.25) is 0 Å².